The van der Waals surface area contributed by atoms with Crippen molar-refractivity contribution in [1.29, 1.82) is 5.41 Å². The molecular formula is C18H16ClF3N2O2. The van der Waals surface area contributed by atoms with Crippen molar-refractivity contribution in [2.45, 2.75) is 12.6 Å². The number of benzene rings is 2. The van der Waals surface area contributed by atoms with E-state index in [1.807, 2.05) is 0 Å². The number of halogens is 4. The molecule has 0 spiro atoms. The van der Waals surface area contributed by atoms with E-state index in [1.165, 1.54) is 12.1 Å². The number of nitrogens with two attached hydrogens (primary N) is 1. The Kier molecular flexibility index (Phi) is 6.52. The lowest BCUT2D eigenvalue weighted by Crippen LogP contribution is -2.06. The summed E-state index contributed by atoms with van der Waals surface area (Å²) < 4.78 is 49.3. The molecule has 0 bridgehead atoms. The highest BCUT2D eigenvalue weighted by Gasteiger charge is 2.33. The van der Waals surface area contributed by atoms with Gasteiger partial charge in [0.2, 0.25) is 0 Å². The lowest BCUT2D eigenvalue weighted by Gasteiger charge is -2.12. The zero-order chi connectivity index (χ0) is 19.2. The largest absolute Gasteiger partial charge is 0.479 e. The molecule has 0 aliphatic rings. The molecule has 3 N–H and O–H groups in total. The lowest BCUT2D eigenvalue weighted by atomic mass is 10.1. The first-order valence-electron chi connectivity index (χ1n) is 7.52. The maximum atomic E-state index is 12.9. The normalized spacial score (nSPS) is 11.9. The van der Waals surface area contributed by atoms with E-state index >= 15 is 0 Å². The Bertz CT molecular complexity index is 790. The molecule has 0 aliphatic carbocycles. The van der Waals surface area contributed by atoms with Crippen LogP contribution in [0.1, 0.15) is 11.1 Å². The molecule has 0 heterocycles. The molecular weight excluding hydrogens is 369 g/mol. The Balaban J connectivity index is 1.99. The van der Waals surface area contributed by atoms with Crippen LogP contribution in [-0.4, -0.2) is 12.8 Å². The molecule has 138 valence electrons. The van der Waals surface area contributed by atoms with Gasteiger partial charge in [-0.05, 0) is 35.9 Å². The predicted molar refractivity (Wildman–Crippen MR) is 93.7 cm³/mol. The third-order valence-corrected chi connectivity index (χ3v) is 3.64. The SMILES string of the molecule is N=C/C=C(\N)OCCc1ccc(Oc2ccc(Cl)c(C(F)(F)F)c2)cc1. The minimum absolute atomic E-state index is 0.0439. The highest BCUT2D eigenvalue weighted by molar-refractivity contribution is 6.31. The van der Waals surface area contributed by atoms with Crippen molar-refractivity contribution in [2.24, 2.45) is 5.73 Å². The minimum Gasteiger partial charge on any atom is -0.479 e. The second-order valence-electron chi connectivity index (χ2n) is 5.22. The van der Waals surface area contributed by atoms with E-state index < -0.39 is 11.7 Å². The summed E-state index contributed by atoms with van der Waals surface area (Å²) in [6.07, 6.45) is -1.61. The minimum atomic E-state index is -4.55. The third kappa shape index (κ3) is 5.70. The predicted octanol–water partition coefficient (Wildman–Crippen LogP) is 5.16. The van der Waals surface area contributed by atoms with E-state index in [0.29, 0.717) is 18.8 Å². The molecule has 2 aromatic carbocycles. The molecule has 0 amide bonds. The molecule has 2 aromatic rings. The monoisotopic (exact) mass is 384 g/mol. The van der Waals surface area contributed by atoms with Crippen molar-refractivity contribution in [2.75, 3.05) is 6.61 Å². The van der Waals surface area contributed by atoms with Crippen molar-refractivity contribution in [1.82, 2.24) is 0 Å². The van der Waals surface area contributed by atoms with Crippen LogP contribution in [0.5, 0.6) is 11.5 Å². The Hall–Kier alpha value is -2.67. The van der Waals surface area contributed by atoms with Crippen LogP contribution >= 0.6 is 11.6 Å². The van der Waals surface area contributed by atoms with Crippen LogP contribution in [0.25, 0.3) is 0 Å². The molecule has 0 radical (unpaired) electrons. The first kappa shape index (κ1) is 19.7. The number of allylic oxidation sites excluding steroid dienone is 1. The van der Waals surface area contributed by atoms with Gasteiger partial charge in [-0.15, -0.1) is 0 Å². The van der Waals surface area contributed by atoms with Crippen LogP contribution in [-0.2, 0) is 17.3 Å². The average molecular weight is 385 g/mol. The average Bonchev–Trinajstić information content (AvgIpc) is 2.57. The van der Waals surface area contributed by atoms with Gasteiger partial charge in [-0.3, -0.25) is 0 Å². The fraction of sp³-hybridized carbons (Fsp3) is 0.167. The molecule has 0 unspecified atom stereocenters. The van der Waals surface area contributed by atoms with Gasteiger partial charge in [0, 0.05) is 18.7 Å². The van der Waals surface area contributed by atoms with Gasteiger partial charge < -0.3 is 20.6 Å². The summed E-state index contributed by atoms with van der Waals surface area (Å²) in [5.41, 5.74) is 5.48. The summed E-state index contributed by atoms with van der Waals surface area (Å²) >= 11 is 5.58. The van der Waals surface area contributed by atoms with Crippen LogP contribution in [0.3, 0.4) is 0 Å². The highest BCUT2D eigenvalue weighted by Crippen LogP contribution is 2.37. The Morgan fingerprint density at radius 1 is 1.12 bits per heavy atom. The number of nitrogens with one attached hydrogen (secondary N) is 1. The zero-order valence-corrected chi connectivity index (χ0v) is 14.3. The van der Waals surface area contributed by atoms with Gasteiger partial charge in [0.1, 0.15) is 11.5 Å². The molecule has 0 atom stereocenters. The van der Waals surface area contributed by atoms with E-state index in [-0.39, 0.29) is 16.7 Å². The summed E-state index contributed by atoms with van der Waals surface area (Å²) in [5.74, 6) is 0.596. The molecule has 0 saturated carbocycles. The number of hydrogen-bond donors (Lipinski definition) is 2. The summed E-state index contributed by atoms with van der Waals surface area (Å²) in [4.78, 5) is 0. The van der Waals surface area contributed by atoms with E-state index in [9.17, 15) is 13.2 Å². The fourth-order valence-electron chi connectivity index (χ4n) is 2.06. The first-order chi connectivity index (χ1) is 12.3. The number of rotatable bonds is 7. The van der Waals surface area contributed by atoms with Crippen molar-refractivity contribution in [3.05, 3.63) is 70.6 Å². The van der Waals surface area contributed by atoms with Gasteiger partial charge >= 0.3 is 6.18 Å². The molecule has 8 heteroatoms. The number of alkyl halides is 3. The second kappa shape index (κ2) is 8.62. The topological polar surface area (TPSA) is 68.3 Å². The van der Waals surface area contributed by atoms with Gasteiger partial charge in [0.15, 0.2) is 5.88 Å². The van der Waals surface area contributed by atoms with Gasteiger partial charge in [-0.1, -0.05) is 23.7 Å². The van der Waals surface area contributed by atoms with Crippen molar-refractivity contribution >= 4 is 17.8 Å². The van der Waals surface area contributed by atoms with E-state index in [1.54, 1.807) is 24.3 Å². The zero-order valence-electron chi connectivity index (χ0n) is 13.5. The lowest BCUT2D eigenvalue weighted by molar-refractivity contribution is -0.137. The third-order valence-electron chi connectivity index (χ3n) is 3.31. The van der Waals surface area contributed by atoms with Gasteiger partial charge in [-0.25, -0.2) is 0 Å². The molecule has 0 aliphatic heterocycles. The molecule has 4 nitrogen and oxygen atoms in total. The van der Waals surface area contributed by atoms with Crippen LogP contribution < -0.4 is 10.5 Å². The standard InChI is InChI=1S/C18H16ClF3N2O2/c19-16-6-5-14(11-15(16)18(20,21)22)26-13-3-1-12(2-4-13)8-10-25-17(24)7-9-23/h1-7,9,11,23H,8,10,24H2/b17-7+,23-9?. The van der Waals surface area contributed by atoms with Crippen LogP contribution in [0.15, 0.2) is 54.4 Å². The van der Waals surface area contributed by atoms with Gasteiger partial charge in [-0.2, -0.15) is 13.2 Å². The van der Waals surface area contributed by atoms with E-state index in [4.69, 9.17) is 32.2 Å². The first-order valence-corrected chi connectivity index (χ1v) is 7.90. The second-order valence-corrected chi connectivity index (χ2v) is 5.63. The van der Waals surface area contributed by atoms with E-state index in [2.05, 4.69) is 0 Å². The van der Waals surface area contributed by atoms with Crippen molar-refractivity contribution < 1.29 is 22.6 Å². The summed E-state index contributed by atoms with van der Waals surface area (Å²) in [6, 6.07) is 10.2. The fourth-order valence-corrected chi connectivity index (χ4v) is 2.29. The summed E-state index contributed by atoms with van der Waals surface area (Å²) in [7, 11) is 0. The smallest absolute Gasteiger partial charge is 0.417 e. The van der Waals surface area contributed by atoms with Crippen molar-refractivity contribution in [3.8, 4) is 11.5 Å². The highest BCUT2D eigenvalue weighted by atomic mass is 35.5. The molecule has 26 heavy (non-hydrogen) atoms. The van der Waals surface area contributed by atoms with Crippen LogP contribution in [0.2, 0.25) is 5.02 Å². The molecule has 2 rings (SSSR count). The number of ether oxygens (including phenoxy) is 2. The maximum Gasteiger partial charge on any atom is 0.417 e. The molecule has 0 aromatic heterocycles. The Morgan fingerprint density at radius 3 is 2.38 bits per heavy atom. The van der Waals surface area contributed by atoms with Crippen molar-refractivity contribution in [3.63, 3.8) is 0 Å². The van der Waals surface area contributed by atoms with Gasteiger partial charge in [0.05, 0.1) is 17.2 Å². The van der Waals surface area contributed by atoms with Crippen LogP contribution in [0, 0.1) is 5.41 Å². The van der Waals surface area contributed by atoms with Gasteiger partial charge in [0.25, 0.3) is 0 Å². The van der Waals surface area contributed by atoms with Crippen LogP contribution in [0.4, 0.5) is 13.2 Å². The Labute approximate surface area is 153 Å². The Morgan fingerprint density at radius 2 is 1.77 bits per heavy atom. The maximum absolute atomic E-state index is 12.9. The summed E-state index contributed by atoms with van der Waals surface area (Å²) in [5, 5.41) is 6.48. The number of hydrogen-bond acceptors (Lipinski definition) is 4. The summed E-state index contributed by atoms with van der Waals surface area (Å²) in [6.45, 7) is 0.336. The molecule has 0 fully saturated rings. The quantitative estimate of drug-likeness (QED) is 0.511. The molecule has 0 saturated heterocycles. The van der Waals surface area contributed by atoms with E-state index in [0.717, 1.165) is 23.9 Å².